The number of halogens is 1. The van der Waals surface area contributed by atoms with Gasteiger partial charge in [-0.2, -0.15) is 0 Å². The summed E-state index contributed by atoms with van der Waals surface area (Å²) in [5, 5.41) is 0. The average Bonchev–Trinajstić information content (AvgIpc) is 2.83. The minimum absolute atomic E-state index is 0.111. The number of hydrogen-bond acceptors (Lipinski definition) is 5. The predicted octanol–water partition coefficient (Wildman–Crippen LogP) is 2.25. The first-order chi connectivity index (χ1) is 9.21. The van der Waals surface area contributed by atoms with Gasteiger partial charge in [0.2, 0.25) is 0 Å². The summed E-state index contributed by atoms with van der Waals surface area (Å²) >= 11 is 5.33. The Morgan fingerprint density at radius 3 is 2.32 bits per heavy atom. The number of thiophene rings is 1. The van der Waals surface area contributed by atoms with Gasteiger partial charge in [-0.3, -0.25) is 9.80 Å². The third kappa shape index (κ3) is 4.81. The normalized spacial score (nSPS) is 18.3. The summed E-state index contributed by atoms with van der Waals surface area (Å²) in [6.45, 7) is 6.28. The second kappa shape index (κ2) is 7.71. The molecule has 0 aromatic carbocycles. The summed E-state index contributed by atoms with van der Waals surface area (Å²) < 4.78 is 11.7. The van der Waals surface area contributed by atoms with Crippen LogP contribution in [0.25, 0.3) is 0 Å². The Bertz CT molecular complexity index is 376. The molecule has 2 heterocycles. The Morgan fingerprint density at radius 2 is 1.79 bits per heavy atom. The summed E-state index contributed by atoms with van der Waals surface area (Å²) in [5.74, 6) is 0. The van der Waals surface area contributed by atoms with Crippen LogP contribution in [0.1, 0.15) is 4.88 Å². The highest BCUT2D eigenvalue weighted by Gasteiger charge is 2.20. The first-order valence-electron chi connectivity index (χ1n) is 6.45. The van der Waals surface area contributed by atoms with Crippen molar-refractivity contribution in [2.45, 2.75) is 12.8 Å². The van der Waals surface area contributed by atoms with E-state index in [4.69, 9.17) is 9.47 Å². The van der Waals surface area contributed by atoms with Crippen molar-refractivity contribution in [2.75, 3.05) is 46.9 Å². The van der Waals surface area contributed by atoms with Crippen LogP contribution < -0.4 is 0 Å². The van der Waals surface area contributed by atoms with E-state index in [1.54, 1.807) is 14.2 Å². The Kier molecular flexibility index (Phi) is 6.25. The highest BCUT2D eigenvalue weighted by atomic mass is 79.9. The van der Waals surface area contributed by atoms with Crippen LogP contribution in [0.2, 0.25) is 0 Å². The van der Waals surface area contributed by atoms with Gasteiger partial charge in [-0.1, -0.05) is 0 Å². The number of nitrogens with zero attached hydrogens (tertiary/aromatic N) is 2. The zero-order chi connectivity index (χ0) is 13.7. The van der Waals surface area contributed by atoms with Crippen molar-refractivity contribution >= 4 is 27.3 Å². The fourth-order valence-electron chi connectivity index (χ4n) is 2.24. The third-order valence-electron chi connectivity index (χ3n) is 3.41. The van der Waals surface area contributed by atoms with Gasteiger partial charge < -0.3 is 9.47 Å². The van der Waals surface area contributed by atoms with Crippen molar-refractivity contribution in [3.05, 3.63) is 20.8 Å². The fraction of sp³-hybridized carbons (Fsp3) is 0.692. The van der Waals surface area contributed by atoms with Crippen molar-refractivity contribution in [2.24, 2.45) is 0 Å². The zero-order valence-electron chi connectivity index (χ0n) is 11.5. The lowest BCUT2D eigenvalue weighted by atomic mass is 10.3. The lowest BCUT2D eigenvalue weighted by molar-refractivity contribution is -0.119. The summed E-state index contributed by atoms with van der Waals surface area (Å²) in [4.78, 5) is 6.33. The number of piperazine rings is 1. The quantitative estimate of drug-likeness (QED) is 0.736. The van der Waals surface area contributed by atoms with Gasteiger partial charge in [-0.15, -0.1) is 11.3 Å². The lowest BCUT2D eigenvalue weighted by Gasteiger charge is -2.35. The largest absolute Gasteiger partial charge is 0.355 e. The molecule has 0 saturated carbocycles. The molecule has 0 N–H and O–H groups in total. The number of rotatable bonds is 6. The molecule has 4 nitrogen and oxygen atoms in total. The standard InChI is InChI=1S/C13H21BrN2O2S/c1-17-13(18-2)10-16-7-5-15(6-8-16)9-11-3-4-12(14)19-11/h3-4,13H,5-10H2,1-2H3. The highest BCUT2D eigenvalue weighted by molar-refractivity contribution is 9.11. The third-order valence-corrected chi connectivity index (χ3v) is 5.01. The van der Waals surface area contributed by atoms with Gasteiger partial charge in [-0.25, -0.2) is 0 Å². The van der Waals surface area contributed by atoms with Crippen LogP contribution in [0.4, 0.5) is 0 Å². The molecular formula is C13H21BrN2O2S. The van der Waals surface area contributed by atoms with E-state index in [1.807, 2.05) is 11.3 Å². The van der Waals surface area contributed by atoms with Gasteiger partial charge in [0.1, 0.15) is 0 Å². The summed E-state index contributed by atoms with van der Waals surface area (Å²) in [5.41, 5.74) is 0. The topological polar surface area (TPSA) is 24.9 Å². The number of methoxy groups -OCH3 is 2. The van der Waals surface area contributed by atoms with Gasteiger partial charge in [0.25, 0.3) is 0 Å². The van der Waals surface area contributed by atoms with E-state index in [-0.39, 0.29) is 6.29 Å². The second-order valence-corrected chi connectivity index (χ2v) is 7.23. The Morgan fingerprint density at radius 1 is 1.16 bits per heavy atom. The van der Waals surface area contributed by atoms with Gasteiger partial charge in [0.15, 0.2) is 6.29 Å². The van der Waals surface area contributed by atoms with Crippen molar-refractivity contribution < 1.29 is 9.47 Å². The molecule has 0 unspecified atom stereocenters. The van der Waals surface area contributed by atoms with Crippen LogP contribution >= 0.6 is 27.3 Å². The molecule has 0 atom stereocenters. The molecule has 0 aliphatic carbocycles. The predicted molar refractivity (Wildman–Crippen MR) is 81.5 cm³/mol. The van der Waals surface area contributed by atoms with Crippen molar-refractivity contribution in [1.29, 1.82) is 0 Å². The van der Waals surface area contributed by atoms with Crippen molar-refractivity contribution in [3.8, 4) is 0 Å². The molecule has 0 radical (unpaired) electrons. The molecular weight excluding hydrogens is 328 g/mol. The lowest BCUT2D eigenvalue weighted by Crippen LogP contribution is -2.48. The van der Waals surface area contributed by atoms with Gasteiger partial charge in [0.05, 0.1) is 3.79 Å². The van der Waals surface area contributed by atoms with Crippen molar-refractivity contribution in [1.82, 2.24) is 9.80 Å². The molecule has 1 aromatic rings. The maximum absolute atomic E-state index is 5.25. The molecule has 1 aromatic heterocycles. The maximum Gasteiger partial charge on any atom is 0.169 e. The molecule has 1 fully saturated rings. The summed E-state index contributed by atoms with van der Waals surface area (Å²) in [7, 11) is 3.39. The smallest absolute Gasteiger partial charge is 0.169 e. The molecule has 108 valence electrons. The van der Waals surface area contributed by atoms with E-state index in [1.165, 1.54) is 8.66 Å². The molecule has 0 spiro atoms. The van der Waals surface area contributed by atoms with E-state index in [2.05, 4.69) is 37.9 Å². The Hall–Kier alpha value is 0.0200. The first-order valence-corrected chi connectivity index (χ1v) is 8.06. The number of hydrogen-bond donors (Lipinski definition) is 0. The summed E-state index contributed by atoms with van der Waals surface area (Å²) in [6, 6.07) is 4.32. The van der Waals surface area contributed by atoms with Gasteiger partial charge in [-0.05, 0) is 28.1 Å². The number of ether oxygens (including phenoxy) is 2. The van der Waals surface area contributed by atoms with Crippen LogP contribution in [0, 0.1) is 0 Å². The molecule has 1 saturated heterocycles. The van der Waals surface area contributed by atoms with Crippen LogP contribution in [-0.4, -0.2) is 63.0 Å². The SMILES string of the molecule is COC(CN1CCN(Cc2ccc(Br)s2)CC1)OC. The van der Waals surface area contributed by atoms with E-state index in [0.29, 0.717) is 0 Å². The van der Waals surface area contributed by atoms with Crippen molar-refractivity contribution in [3.63, 3.8) is 0 Å². The summed E-state index contributed by atoms with van der Waals surface area (Å²) in [6.07, 6.45) is -0.111. The van der Waals surface area contributed by atoms with E-state index in [9.17, 15) is 0 Å². The van der Waals surface area contributed by atoms with Crippen LogP contribution in [0.3, 0.4) is 0 Å². The molecule has 6 heteroatoms. The zero-order valence-corrected chi connectivity index (χ0v) is 13.9. The van der Waals surface area contributed by atoms with Gasteiger partial charge >= 0.3 is 0 Å². The molecule has 19 heavy (non-hydrogen) atoms. The molecule has 1 aliphatic heterocycles. The first kappa shape index (κ1) is 15.4. The Labute approximate surface area is 127 Å². The minimum atomic E-state index is -0.111. The Balaban J connectivity index is 1.73. The minimum Gasteiger partial charge on any atom is -0.355 e. The second-order valence-electron chi connectivity index (χ2n) is 4.68. The highest BCUT2D eigenvalue weighted by Crippen LogP contribution is 2.23. The average molecular weight is 349 g/mol. The monoisotopic (exact) mass is 348 g/mol. The molecule has 2 rings (SSSR count). The van der Waals surface area contributed by atoms with E-state index < -0.39 is 0 Å². The van der Waals surface area contributed by atoms with E-state index in [0.717, 1.165) is 39.3 Å². The molecule has 0 bridgehead atoms. The van der Waals surface area contributed by atoms with Crippen LogP contribution in [-0.2, 0) is 16.0 Å². The maximum atomic E-state index is 5.25. The van der Waals surface area contributed by atoms with E-state index >= 15 is 0 Å². The van der Waals surface area contributed by atoms with Crippen LogP contribution in [0.15, 0.2) is 15.9 Å². The fourth-order valence-corrected chi connectivity index (χ4v) is 3.77. The molecule has 1 aliphatic rings. The van der Waals surface area contributed by atoms with Gasteiger partial charge in [0, 0.05) is 58.4 Å². The molecule has 0 amide bonds. The van der Waals surface area contributed by atoms with Crippen LogP contribution in [0.5, 0.6) is 0 Å².